The highest BCUT2D eigenvalue weighted by atomic mass is 127. The van der Waals surface area contributed by atoms with Gasteiger partial charge in [0.1, 0.15) is 11.9 Å². The van der Waals surface area contributed by atoms with Crippen LogP contribution in [0.5, 0.6) is 0 Å². The molecule has 1 fully saturated rings. The minimum absolute atomic E-state index is 0.0610. The second-order valence-corrected chi connectivity index (χ2v) is 9.97. The van der Waals surface area contributed by atoms with Crippen molar-refractivity contribution in [2.75, 3.05) is 12.4 Å². The van der Waals surface area contributed by atoms with Gasteiger partial charge in [-0.25, -0.2) is 17.2 Å². The SMILES string of the molecule is CN1C=NC2C(F)=C(Nc3ccc(I)cc3F)C(NS(=O)(=O)C3CC3)=CC21. The number of nitrogens with one attached hydrogen (secondary N) is 2. The Morgan fingerprint density at radius 1 is 1.30 bits per heavy atom. The van der Waals surface area contributed by atoms with Gasteiger partial charge in [0.2, 0.25) is 10.0 Å². The summed E-state index contributed by atoms with van der Waals surface area (Å²) in [5.41, 5.74) is 0.0369. The maximum atomic E-state index is 15.2. The summed E-state index contributed by atoms with van der Waals surface area (Å²) in [6.07, 6.45) is 4.29. The highest BCUT2D eigenvalue weighted by molar-refractivity contribution is 14.1. The van der Waals surface area contributed by atoms with Crippen LogP contribution < -0.4 is 10.0 Å². The molecule has 0 aromatic heterocycles. The molecule has 27 heavy (non-hydrogen) atoms. The van der Waals surface area contributed by atoms with Crippen LogP contribution >= 0.6 is 22.6 Å². The molecule has 1 aliphatic heterocycles. The van der Waals surface area contributed by atoms with Gasteiger partial charge < -0.3 is 10.2 Å². The smallest absolute Gasteiger partial charge is 0.235 e. The van der Waals surface area contributed by atoms with E-state index in [9.17, 15) is 12.8 Å². The molecule has 1 aromatic rings. The first kappa shape index (κ1) is 18.7. The first-order valence-corrected chi connectivity index (χ1v) is 11.0. The van der Waals surface area contributed by atoms with Crippen LogP contribution in [0.2, 0.25) is 0 Å². The molecule has 1 saturated carbocycles. The molecule has 0 spiro atoms. The van der Waals surface area contributed by atoms with Gasteiger partial charge in [0, 0.05) is 10.6 Å². The molecule has 10 heteroatoms. The number of aliphatic imine (C=N–C) groups is 1. The van der Waals surface area contributed by atoms with Gasteiger partial charge in [-0.05, 0) is 59.7 Å². The van der Waals surface area contributed by atoms with Crippen molar-refractivity contribution in [1.29, 1.82) is 0 Å². The van der Waals surface area contributed by atoms with Crippen LogP contribution in [0.1, 0.15) is 12.8 Å². The van der Waals surface area contributed by atoms with Gasteiger partial charge in [-0.3, -0.25) is 9.71 Å². The monoisotopic (exact) mass is 506 g/mol. The lowest BCUT2D eigenvalue weighted by Gasteiger charge is -2.29. The zero-order valence-corrected chi connectivity index (χ0v) is 17.3. The van der Waals surface area contributed by atoms with Crippen molar-refractivity contribution in [2.24, 2.45) is 4.99 Å². The molecule has 144 valence electrons. The Hall–Kier alpha value is -1.69. The van der Waals surface area contributed by atoms with E-state index in [1.54, 1.807) is 24.1 Å². The summed E-state index contributed by atoms with van der Waals surface area (Å²) in [6.45, 7) is 0. The largest absolute Gasteiger partial charge is 0.357 e. The molecular weight excluding hydrogens is 489 g/mol. The zero-order valence-electron chi connectivity index (χ0n) is 14.3. The van der Waals surface area contributed by atoms with Crippen LogP contribution in [-0.2, 0) is 10.0 Å². The van der Waals surface area contributed by atoms with Gasteiger partial charge in [-0.15, -0.1) is 0 Å². The zero-order chi connectivity index (χ0) is 19.3. The van der Waals surface area contributed by atoms with Crippen LogP contribution in [0, 0.1) is 9.39 Å². The standard InChI is InChI=1S/C17H17F2IN4O2S/c1-24-8-21-17-14(24)7-13(23-27(25,26)10-3-4-10)16(15(17)19)22-12-5-2-9(20)6-11(12)18/h2,5-8,10,14,17,22-23H,3-4H2,1H3. The van der Waals surface area contributed by atoms with E-state index in [1.165, 1.54) is 18.5 Å². The summed E-state index contributed by atoms with van der Waals surface area (Å²) in [5.74, 6) is -1.18. The van der Waals surface area contributed by atoms with Crippen molar-refractivity contribution >= 4 is 44.6 Å². The van der Waals surface area contributed by atoms with Crippen LogP contribution in [0.4, 0.5) is 14.5 Å². The van der Waals surface area contributed by atoms with Crippen molar-refractivity contribution in [3.63, 3.8) is 0 Å². The fourth-order valence-electron chi connectivity index (χ4n) is 3.07. The summed E-state index contributed by atoms with van der Waals surface area (Å²) in [6, 6.07) is 3.25. The molecule has 1 heterocycles. The van der Waals surface area contributed by atoms with E-state index in [1.807, 2.05) is 22.6 Å². The summed E-state index contributed by atoms with van der Waals surface area (Å²) in [7, 11) is -1.87. The maximum Gasteiger partial charge on any atom is 0.235 e. The minimum Gasteiger partial charge on any atom is -0.357 e. The average molecular weight is 506 g/mol. The highest BCUT2D eigenvalue weighted by Gasteiger charge is 2.41. The van der Waals surface area contributed by atoms with Crippen molar-refractivity contribution in [3.8, 4) is 0 Å². The number of fused-ring (bicyclic) bond motifs is 1. The second-order valence-electron chi connectivity index (χ2n) is 6.76. The molecule has 0 radical (unpaired) electrons. The second kappa shape index (κ2) is 6.73. The summed E-state index contributed by atoms with van der Waals surface area (Å²) in [5, 5.41) is 2.26. The maximum absolute atomic E-state index is 15.2. The quantitative estimate of drug-likeness (QED) is 0.603. The third kappa shape index (κ3) is 3.56. The summed E-state index contributed by atoms with van der Waals surface area (Å²) >= 11 is 1.97. The fourth-order valence-corrected chi connectivity index (χ4v) is 4.93. The van der Waals surface area contributed by atoms with E-state index in [0.717, 1.165) is 0 Å². The first-order valence-electron chi connectivity index (χ1n) is 8.37. The van der Waals surface area contributed by atoms with Gasteiger partial charge in [0.15, 0.2) is 5.83 Å². The van der Waals surface area contributed by atoms with E-state index in [0.29, 0.717) is 16.4 Å². The molecule has 0 saturated heterocycles. The number of nitrogens with zero attached hydrogens (tertiary/aromatic N) is 2. The normalized spacial score (nSPS) is 24.7. The molecule has 3 aliphatic rings. The van der Waals surface area contributed by atoms with Gasteiger partial charge >= 0.3 is 0 Å². The van der Waals surface area contributed by atoms with Gasteiger partial charge in [0.25, 0.3) is 0 Å². The predicted molar refractivity (Wildman–Crippen MR) is 108 cm³/mol. The predicted octanol–water partition coefficient (Wildman–Crippen LogP) is 2.71. The molecule has 4 rings (SSSR count). The Bertz CT molecular complexity index is 989. The Morgan fingerprint density at radius 3 is 2.70 bits per heavy atom. The van der Waals surface area contributed by atoms with Crippen LogP contribution in [0.25, 0.3) is 0 Å². The molecule has 2 atom stereocenters. The fraction of sp³-hybridized carbons (Fsp3) is 0.353. The first-order chi connectivity index (χ1) is 12.8. The lowest BCUT2D eigenvalue weighted by molar-refractivity contribution is 0.392. The lowest BCUT2D eigenvalue weighted by Crippen LogP contribution is -2.40. The summed E-state index contributed by atoms with van der Waals surface area (Å²) < 4.78 is 57.4. The number of benzene rings is 1. The number of anilines is 1. The number of rotatable bonds is 5. The Kier molecular flexibility index (Phi) is 4.65. The third-order valence-electron chi connectivity index (χ3n) is 4.71. The molecule has 2 aliphatic carbocycles. The third-order valence-corrected chi connectivity index (χ3v) is 7.24. The summed E-state index contributed by atoms with van der Waals surface area (Å²) in [4.78, 5) is 5.84. The van der Waals surface area contributed by atoms with E-state index in [-0.39, 0.29) is 17.1 Å². The molecule has 0 amide bonds. The van der Waals surface area contributed by atoms with Gasteiger partial charge in [-0.2, -0.15) is 0 Å². The lowest BCUT2D eigenvalue weighted by atomic mass is 9.98. The molecular formula is C17H17F2IN4O2S. The molecule has 1 aromatic carbocycles. The number of sulfonamides is 1. The average Bonchev–Trinajstić information content (AvgIpc) is 3.39. The number of hydrogen-bond acceptors (Lipinski definition) is 5. The van der Waals surface area contributed by atoms with Crippen LogP contribution in [0.3, 0.4) is 0 Å². The van der Waals surface area contributed by atoms with Gasteiger partial charge in [0.05, 0.1) is 34.7 Å². The molecule has 0 bridgehead atoms. The Balaban J connectivity index is 1.72. The molecule has 6 nitrogen and oxygen atoms in total. The number of likely N-dealkylation sites (N-methyl/N-ethyl adjacent to an activating group) is 1. The molecule has 2 unspecified atom stereocenters. The number of hydrogen-bond donors (Lipinski definition) is 2. The van der Waals surface area contributed by atoms with E-state index in [4.69, 9.17) is 0 Å². The van der Waals surface area contributed by atoms with E-state index < -0.39 is 39.0 Å². The van der Waals surface area contributed by atoms with E-state index in [2.05, 4.69) is 15.0 Å². The van der Waals surface area contributed by atoms with Crippen molar-refractivity contribution in [2.45, 2.75) is 30.2 Å². The highest BCUT2D eigenvalue weighted by Crippen LogP contribution is 2.35. The van der Waals surface area contributed by atoms with Crippen molar-refractivity contribution in [3.05, 3.63) is 50.9 Å². The van der Waals surface area contributed by atoms with Crippen molar-refractivity contribution < 1.29 is 17.2 Å². The van der Waals surface area contributed by atoms with Gasteiger partial charge in [-0.1, -0.05) is 0 Å². The van der Waals surface area contributed by atoms with Crippen LogP contribution in [0.15, 0.2) is 46.5 Å². The number of halogens is 3. The Morgan fingerprint density at radius 2 is 2.04 bits per heavy atom. The topological polar surface area (TPSA) is 73.8 Å². The Labute approximate surface area is 169 Å². The molecule has 2 N–H and O–H groups in total. The minimum atomic E-state index is -3.61. The van der Waals surface area contributed by atoms with Crippen LogP contribution in [-0.4, -0.2) is 44.0 Å². The van der Waals surface area contributed by atoms with Crippen molar-refractivity contribution in [1.82, 2.24) is 9.62 Å². The van der Waals surface area contributed by atoms with E-state index >= 15 is 4.39 Å².